The van der Waals surface area contributed by atoms with E-state index in [0.29, 0.717) is 31.0 Å². The molecule has 1 atom stereocenters. The maximum absolute atomic E-state index is 12.2. The van der Waals surface area contributed by atoms with Gasteiger partial charge in [0, 0.05) is 24.5 Å². The van der Waals surface area contributed by atoms with Crippen LogP contribution in [0.1, 0.15) is 22.3 Å². The molecule has 5 heteroatoms. The third-order valence-electron chi connectivity index (χ3n) is 3.21. The molecule has 0 radical (unpaired) electrons. The lowest BCUT2D eigenvalue weighted by Gasteiger charge is -2.16. The van der Waals surface area contributed by atoms with Gasteiger partial charge in [-0.2, -0.15) is 0 Å². The summed E-state index contributed by atoms with van der Waals surface area (Å²) in [5.74, 6) is -0.235. The number of primary amides is 1. The Hall–Kier alpha value is -1.55. The number of alkyl halides is 1. The van der Waals surface area contributed by atoms with E-state index in [1.807, 2.05) is 12.1 Å². The van der Waals surface area contributed by atoms with Crippen LogP contribution in [0, 0.1) is 5.92 Å². The average molecular weight is 267 g/mol. The summed E-state index contributed by atoms with van der Waals surface area (Å²) in [4.78, 5) is 25.0. The number of carbonyl (C=O) groups excluding carboxylic acids is 2. The van der Waals surface area contributed by atoms with Crippen molar-refractivity contribution in [2.45, 2.75) is 12.3 Å². The summed E-state index contributed by atoms with van der Waals surface area (Å²) in [6.07, 6.45) is 0.649. The van der Waals surface area contributed by atoms with Crippen molar-refractivity contribution < 1.29 is 9.59 Å². The lowest BCUT2D eigenvalue weighted by atomic mass is 10.1. The summed E-state index contributed by atoms with van der Waals surface area (Å²) in [6, 6.07) is 7.23. The van der Waals surface area contributed by atoms with E-state index in [1.54, 1.807) is 17.0 Å². The Bertz CT molecular complexity index is 476. The molecule has 2 amide bonds. The molecule has 1 unspecified atom stereocenters. The summed E-state index contributed by atoms with van der Waals surface area (Å²) < 4.78 is 0. The second-order valence-electron chi connectivity index (χ2n) is 4.47. The third-order valence-corrected chi connectivity index (χ3v) is 3.51. The van der Waals surface area contributed by atoms with E-state index in [4.69, 9.17) is 17.3 Å². The monoisotopic (exact) mass is 266 g/mol. The molecular formula is C13H15ClN2O2. The van der Waals surface area contributed by atoms with Crippen LogP contribution in [-0.2, 0) is 10.7 Å². The fourth-order valence-corrected chi connectivity index (χ4v) is 2.31. The SMILES string of the molecule is NC(=O)C1CCN(C(=O)c2cccc(CCl)c2)C1. The van der Waals surface area contributed by atoms with Gasteiger partial charge in [-0.1, -0.05) is 12.1 Å². The Morgan fingerprint density at radius 1 is 1.44 bits per heavy atom. The van der Waals surface area contributed by atoms with Gasteiger partial charge in [0.1, 0.15) is 0 Å². The highest BCUT2D eigenvalue weighted by Gasteiger charge is 2.30. The highest BCUT2D eigenvalue weighted by Crippen LogP contribution is 2.19. The molecule has 0 bridgehead atoms. The predicted molar refractivity (Wildman–Crippen MR) is 69.2 cm³/mol. The van der Waals surface area contributed by atoms with Crippen LogP contribution in [-0.4, -0.2) is 29.8 Å². The van der Waals surface area contributed by atoms with Crippen molar-refractivity contribution in [1.82, 2.24) is 4.90 Å². The van der Waals surface area contributed by atoms with Gasteiger partial charge >= 0.3 is 0 Å². The number of rotatable bonds is 3. The zero-order valence-electron chi connectivity index (χ0n) is 9.93. The molecule has 2 rings (SSSR count). The first kappa shape index (κ1) is 12.9. The van der Waals surface area contributed by atoms with Gasteiger partial charge in [-0.3, -0.25) is 9.59 Å². The number of hydrogen-bond donors (Lipinski definition) is 1. The van der Waals surface area contributed by atoms with E-state index in [-0.39, 0.29) is 17.7 Å². The Labute approximate surface area is 111 Å². The number of hydrogen-bond acceptors (Lipinski definition) is 2. The van der Waals surface area contributed by atoms with Crippen molar-refractivity contribution >= 4 is 23.4 Å². The maximum Gasteiger partial charge on any atom is 0.253 e. The summed E-state index contributed by atoms with van der Waals surface area (Å²) >= 11 is 5.74. The van der Waals surface area contributed by atoms with E-state index in [1.165, 1.54) is 0 Å². The fourth-order valence-electron chi connectivity index (χ4n) is 2.15. The Balaban J connectivity index is 2.10. The van der Waals surface area contributed by atoms with Crippen molar-refractivity contribution in [3.05, 3.63) is 35.4 Å². The molecular weight excluding hydrogens is 252 g/mol. The molecule has 1 aliphatic rings. The molecule has 4 nitrogen and oxygen atoms in total. The van der Waals surface area contributed by atoms with Gasteiger partial charge in [0.05, 0.1) is 5.92 Å². The van der Waals surface area contributed by atoms with Crippen molar-refractivity contribution in [1.29, 1.82) is 0 Å². The summed E-state index contributed by atoms with van der Waals surface area (Å²) in [7, 11) is 0. The van der Waals surface area contributed by atoms with Crippen molar-refractivity contribution in [2.75, 3.05) is 13.1 Å². The molecule has 96 valence electrons. The summed E-state index contributed by atoms with van der Waals surface area (Å²) in [5, 5.41) is 0. The molecule has 0 spiro atoms. The van der Waals surface area contributed by atoms with Gasteiger partial charge < -0.3 is 10.6 Å². The van der Waals surface area contributed by atoms with Gasteiger partial charge in [0.15, 0.2) is 0 Å². The summed E-state index contributed by atoms with van der Waals surface area (Å²) in [5.41, 5.74) is 6.77. The van der Waals surface area contributed by atoms with Gasteiger partial charge in [0.25, 0.3) is 5.91 Å². The van der Waals surface area contributed by atoms with E-state index in [2.05, 4.69) is 0 Å². The van der Waals surface area contributed by atoms with Crippen LogP contribution >= 0.6 is 11.6 Å². The molecule has 0 saturated carbocycles. The lowest BCUT2D eigenvalue weighted by molar-refractivity contribution is -0.121. The highest BCUT2D eigenvalue weighted by molar-refractivity contribution is 6.17. The van der Waals surface area contributed by atoms with Crippen molar-refractivity contribution in [3.63, 3.8) is 0 Å². The molecule has 1 fully saturated rings. The normalized spacial score (nSPS) is 18.9. The van der Waals surface area contributed by atoms with E-state index >= 15 is 0 Å². The van der Waals surface area contributed by atoms with Crippen LogP contribution < -0.4 is 5.73 Å². The Morgan fingerprint density at radius 2 is 2.22 bits per heavy atom. The highest BCUT2D eigenvalue weighted by atomic mass is 35.5. The third kappa shape index (κ3) is 2.64. The van der Waals surface area contributed by atoms with Crippen molar-refractivity contribution in [3.8, 4) is 0 Å². The molecule has 2 N–H and O–H groups in total. The zero-order chi connectivity index (χ0) is 13.1. The van der Waals surface area contributed by atoms with Crippen LogP contribution in [0.15, 0.2) is 24.3 Å². The predicted octanol–water partition coefficient (Wildman–Crippen LogP) is 1.37. The Kier molecular flexibility index (Phi) is 3.87. The standard InChI is InChI=1S/C13H15ClN2O2/c14-7-9-2-1-3-10(6-9)13(18)16-5-4-11(8-16)12(15)17/h1-3,6,11H,4-5,7-8H2,(H2,15,17). The number of amides is 2. The van der Waals surface area contributed by atoms with Crippen molar-refractivity contribution in [2.24, 2.45) is 11.7 Å². The van der Waals surface area contributed by atoms with Crippen LogP contribution in [0.2, 0.25) is 0 Å². The Morgan fingerprint density at radius 3 is 2.83 bits per heavy atom. The first-order valence-corrected chi connectivity index (χ1v) is 6.38. The van der Waals surface area contributed by atoms with Crippen LogP contribution in [0.5, 0.6) is 0 Å². The minimum absolute atomic E-state index is 0.0642. The molecule has 1 aliphatic heterocycles. The summed E-state index contributed by atoms with van der Waals surface area (Å²) in [6.45, 7) is 0.997. The largest absolute Gasteiger partial charge is 0.369 e. The van der Waals surface area contributed by atoms with Crippen LogP contribution in [0.4, 0.5) is 0 Å². The number of halogens is 1. The molecule has 1 heterocycles. The second-order valence-corrected chi connectivity index (χ2v) is 4.74. The first-order valence-electron chi connectivity index (χ1n) is 5.85. The zero-order valence-corrected chi connectivity index (χ0v) is 10.7. The number of likely N-dealkylation sites (tertiary alicyclic amines) is 1. The maximum atomic E-state index is 12.2. The molecule has 1 saturated heterocycles. The van der Waals surface area contributed by atoms with Gasteiger partial charge in [-0.15, -0.1) is 11.6 Å². The second kappa shape index (κ2) is 5.40. The smallest absolute Gasteiger partial charge is 0.253 e. The van der Waals surface area contributed by atoms with Crippen LogP contribution in [0.25, 0.3) is 0 Å². The first-order chi connectivity index (χ1) is 8.61. The molecule has 1 aromatic carbocycles. The lowest BCUT2D eigenvalue weighted by Crippen LogP contribution is -2.31. The van der Waals surface area contributed by atoms with E-state index in [0.717, 1.165) is 5.56 Å². The molecule has 1 aromatic rings. The molecule has 18 heavy (non-hydrogen) atoms. The minimum Gasteiger partial charge on any atom is -0.369 e. The minimum atomic E-state index is -0.334. The fraction of sp³-hybridized carbons (Fsp3) is 0.385. The topological polar surface area (TPSA) is 63.4 Å². The average Bonchev–Trinajstić information content (AvgIpc) is 2.87. The number of benzene rings is 1. The number of carbonyl (C=O) groups is 2. The molecule has 0 aromatic heterocycles. The van der Waals surface area contributed by atoms with E-state index in [9.17, 15) is 9.59 Å². The van der Waals surface area contributed by atoms with Gasteiger partial charge in [0.2, 0.25) is 5.91 Å². The number of nitrogens with two attached hydrogens (primary N) is 1. The molecule has 0 aliphatic carbocycles. The van der Waals surface area contributed by atoms with E-state index < -0.39 is 0 Å². The number of nitrogens with zero attached hydrogens (tertiary/aromatic N) is 1. The van der Waals surface area contributed by atoms with Gasteiger partial charge in [-0.05, 0) is 24.1 Å². The quantitative estimate of drug-likeness (QED) is 0.840. The van der Waals surface area contributed by atoms with Crippen LogP contribution in [0.3, 0.4) is 0 Å². The van der Waals surface area contributed by atoms with Gasteiger partial charge in [-0.25, -0.2) is 0 Å².